The summed E-state index contributed by atoms with van der Waals surface area (Å²) < 4.78 is 5.98. The van der Waals surface area contributed by atoms with Crippen LogP contribution in [0.15, 0.2) is 66.3 Å². The number of hydrogen-bond donors (Lipinski definition) is 1. The minimum Gasteiger partial charge on any atom is -0.394 e. The van der Waals surface area contributed by atoms with E-state index in [1.807, 2.05) is 13.0 Å². The Balaban J connectivity index is 2.10. The van der Waals surface area contributed by atoms with Gasteiger partial charge in [0.15, 0.2) is 0 Å². The zero-order valence-electron chi connectivity index (χ0n) is 14.2. The number of aliphatic hydroxyl groups is 1. The van der Waals surface area contributed by atoms with Crippen LogP contribution in [-0.2, 0) is 11.2 Å². The van der Waals surface area contributed by atoms with E-state index < -0.39 is 0 Å². The summed E-state index contributed by atoms with van der Waals surface area (Å²) in [5.41, 5.74) is 3.51. The van der Waals surface area contributed by atoms with Gasteiger partial charge < -0.3 is 9.84 Å². The van der Waals surface area contributed by atoms with Crippen LogP contribution in [0.5, 0.6) is 0 Å². The third-order valence-corrected chi connectivity index (χ3v) is 4.26. The summed E-state index contributed by atoms with van der Waals surface area (Å²) in [6.45, 7) is 8.56. The molecule has 1 aliphatic heterocycles. The van der Waals surface area contributed by atoms with Gasteiger partial charge in [-0.2, -0.15) is 0 Å². The van der Waals surface area contributed by atoms with Crippen molar-refractivity contribution in [3.63, 3.8) is 0 Å². The molecule has 1 aromatic rings. The fourth-order valence-corrected chi connectivity index (χ4v) is 3.15. The Morgan fingerprint density at radius 3 is 2.70 bits per heavy atom. The predicted molar refractivity (Wildman–Crippen MR) is 96.3 cm³/mol. The summed E-state index contributed by atoms with van der Waals surface area (Å²) in [6, 6.07) is 10.4. The smallest absolute Gasteiger partial charge is 0.0826 e. The lowest BCUT2D eigenvalue weighted by atomic mass is 9.89. The van der Waals surface area contributed by atoms with Gasteiger partial charge in [0.05, 0.1) is 18.8 Å². The molecule has 0 saturated carbocycles. The van der Waals surface area contributed by atoms with Crippen molar-refractivity contribution in [2.45, 2.75) is 45.3 Å². The Morgan fingerprint density at radius 2 is 2.04 bits per heavy atom. The van der Waals surface area contributed by atoms with Crippen molar-refractivity contribution in [3.8, 4) is 0 Å². The summed E-state index contributed by atoms with van der Waals surface area (Å²) >= 11 is 0. The highest BCUT2D eigenvalue weighted by Gasteiger charge is 2.27. The summed E-state index contributed by atoms with van der Waals surface area (Å²) in [4.78, 5) is 0. The summed E-state index contributed by atoms with van der Waals surface area (Å²) in [6.07, 6.45) is 9.06. The van der Waals surface area contributed by atoms with Crippen LogP contribution in [0.2, 0.25) is 0 Å². The fraction of sp³-hybridized carbons (Fsp3) is 0.429. The molecule has 0 amide bonds. The SMILES string of the molecule is C=C(C=C(C=CC)Cc1ccccc1)C1CC(C)CC(CO)O1. The molecule has 3 atom stereocenters. The Kier molecular flexibility index (Phi) is 6.82. The van der Waals surface area contributed by atoms with E-state index in [9.17, 15) is 5.11 Å². The van der Waals surface area contributed by atoms with E-state index >= 15 is 0 Å². The lowest BCUT2D eigenvalue weighted by Gasteiger charge is -2.33. The molecule has 2 heteroatoms. The lowest BCUT2D eigenvalue weighted by Crippen LogP contribution is -2.34. The number of aliphatic hydroxyl groups excluding tert-OH is 1. The number of ether oxygens (including phenoxy) is 1. The second-order valence-electron chi connectivity index (χ2n) is 6.46. The molecule has 1 aromatic carbocycles. The molecule has 0 spiro atoms. The Labute approximate surface area is 140 Å². The molecule has 0 bridgehead atoms. The third-order valence-electron chi connectivity index (χ3n) is 4.26. The first-order valence-corrected chi connectivity index (χ1v) is 8.44. The molecule has 1 aliphatic rings. The quantitative estimate of drug-likeness (QED) is 0.786. The largest absolute Gasteiger partial charge is 0.394 e. The third kappa shape index (κ3) is 5.49. The van der Waals surface area contributed by atoms with Gasteiger partial charge in [-0.05, 0) is 48.8 Å². The minimum absolute atomic E-state index is 0.00642. The monoisotopic (exact) mass is 312 g/mol. The van der Waals surface area contributed by atoms with Gasteiger partial charge in [0, 0.05) is 0 Å². The molecule has 0 radical (unpaired) electrons. The van der Waals surface area contributed by atoms with Crippen LogP contribution in [0.25, 0.3) is 0 Å². The van der Waals surface area contributed by atoms with E-state index in [0.717, 1.165) is 24.8 Å². The van der Waals surface area contributed by atoms with Crippen LogP contribution in [0.4, 0.5) is 0 Å². The first kappa shape index (κ1) is 17.7. The Hall–Kier alpha value is -1.64. The van der Waals surface area contributed by atoms with Crippen LogP contribution in [0, 0.1) is 5.92 Å². The molecule has 3 unspecified atom stereocenters. The summed E-state index contributed by atoms with van der Waals surface area (Å²) in [7, 11) is 0. The van der Waals surface area contributed by atoms with Crippen molar-refractivity contribution in [1.29, 1.82) is 0 Å². The molecule has 0 aromatic heterocycles. The maximum atomic E-state index is 9.39. The van der Waals surface area contributed by atoms with E-state index in [-0.39, 0.29) is 18.8 Å². The van der Waals surface area contributed by atoms with Gasteiger partial charge in [-0.25, -0.2) is 0 Å². The van der Waals surface area contributed by atoms with Gasteiger partial charge in [0.25, 0.3) is 0 Å². The molecular weight excluding hydrogens is 284 g/mol. The van der Waals surface area contributed by atoms with Gasteiger partial charge in [-0.1, -0.05) is 62.1 Å². The molecule has 1 heterocycles. The first-order valence-electron chi connectivity index (χ1n) is 8.44. The van der Waals surface area contributed by atoms with E-state index in [4.69, 9.17) is 4.74 Å². The molecule has 0 aliphatic carbocycles. The van der Waals surface area contributed by atoms with Crippen LogP contribution in [0.3, 0.4) is 0 Å². The molecule has 2 nitrogen and oxygen atoms in total. The average Bonchev–Trinajstić information content (AvgIpc) is 2.55. The van der Waals surface area contributed by atoms with Crippen molar-refractivity contribution < 1.29 is 9.84 Å². The average molecular weight is 312 g/mol. The van der Waals surface area contributed by atoms with Gasteiger partial charge >= 0.3 is 0 Å². The summed E-state index contributed by atoms with van der Waals surface area (Å²) in [5.74, 6) is 0.551. The minimum atomic E-state index is -0.0619. The highest BCUT2D eigenvalue weighted by molar-refractivity contribution is 5.35. The Morgan fingerprint density at radius 1 is 1.30 bits per heavy atom. The molecule has 1 N–H and O–H groups in total. The van der Waals surface area contributed by atoms with E-state index in [1.54, 1.807) is 0 Å². The second-order valence-corrected chi connectivity index (χ2v) is 6.46. The maximum Gasteiger partial charge on any atom is 0.0826 e. The zero-order chi connectivity index (χ0) is 16.7. The maximum absolute atomic E-state index is 9.39. The number of allylic oxidation sites excluding steroid dienone is 3. The number of hydrogen-bond acceptors (Lipinski definition) is 2. The van der Waals surface area contributed by atoms with Gasteiger partial charge in [0.2, 0.25) is 0 Å². The lowest BCUT2D eigenvalue weighted by molar-refractivity contribution is -0.0708. The normalized spacial score (nSPS) is 25.7. The standard InChI is InChI=1S/C21H28O2/c1-4-8-19(14-18-9-6-5-7-10-18)13-17(3)21-12-16(2)11-20(15-22)23-21/h4-10,13,16,20-22H,3,11-12,14-15H2,1-2H3. The van der Waals surface area contributed by atoms with Gasteiger partial charge in [-0.3, -0.25) is 0 Å². The highest BCUT2D eigenvalue weighted by atomic mass is 16.5. The second kappa shape index (κ2) is 8.85. The highest BCUT2D eigenvalue weighted by Crippen LogP contribution is 2.29. The van der Waals surface area contributed by atoms with E-state index in [1.165, 1.54) is 11.1 Å². The molecular formula is C21H28O2. The summed E-state index contributed by atoms with van der Waals surface area (Å²) in [5, 5.41) is 9.39. The molecule has 124 valence electrons. The molecule has 2 rings (SSSR count). The van der Waals surface area contributed by atoms with Crippen LogP contribution in [0.1, 0.15) is 32.3 Å². The first-order chi connectivity index (χ1) is 11.1. The van der Waals surface area contributed by atoms with Gasteiger partial charge in [-0.15, -0.1) is 0 Å². The zero-order valence-corrected chi connectivity index (χ0v) is 14.2. The number of rotatable bonds is 6. The molecule has 1 saturated heterocycles. The van der Waals surface area contributed by atoms with Crippen molar-refractivity contribution in [2.75, 3.05) is 6.61 Å². The van der Waals surface area contributed by atoms with E-state index in [0.29, 0.717) is 5.92 Å². The van der Waals surface area contributed by atoms with E-state index in [2.05, 4.69) is 56.0 Å². The topological polar surface area (TPSA) is 29.5 Å². The van der Waals surface area contributed by atoms with Crippen LogP contribution < -0.4 is 0 Å². The number of benzene rings is 1. The molecule has 1 fully saturated rings. The van der Waals surface area contributed by atoms with Gasteiger partial charge in [0.1, 0.15) is 0 Å². The van der Waals surface area contributed by atoms with Crippen LogP contribution >= 0.6 is 0 Å². The molecule has 23 heavy (non-hydrogen) atoms. The predicted octanol–water partition coefficient (Wildman–Crippen LogP) is 4.46. The van der Waals surface area contributed by atoms with Crippen molar-refractivity contribution in [3.05, 3.63) is 71.8 Å². The van der Waals surface area contributed by atoms with Crippen molar-refractivity contribution in [1.82, 2.24) is 0 Å². The van der Waals surface area contributed by atoms with Crippen molar-refractivity contribution >= 4 is 0 Å². The Bertz CT molecular complexity index is 556. The van der Waals surface area contributed by atoms with Crippen LogP contribution in [-0.4, -0.2) is 23.9 Å². The fourth-order valence-electron chi connectivity index (χ4n) is 3.15. The van der Waals surface area contributed by atoms with Crippen molar-refractivity contribution in [2.24, 2.45) is 5.92 Å².